The lowest BCUT2D eigenvalue weighted by Gasteiger charge is -2.23. The van der Waals surface area contributed by atoms with E-state index in [1.165, 1.54) is 35.4 Å². The van der Waals surface area contributed by atoms with E-state index in [1.54, 1.807) is 16.2 Å². The van der Waals surface area contributed by atoms with Crippen LogP contribution in [-0.4, -0.2) is 4.98 Å². The lowest BCUT2D eigenvalue weighted by atomic mass is 9.94. The van der Waals surface area contributed by atoms with Crippen LogP contribution >= 0.6 is 22.7 Å². The molecule has 0 aliphatic heterocycles. The first-order valence-corrected chi connectivity index (χ1v) is 7.79. The van der Waals surface area contributed by atoms with Crippen molar-refractivity contribution in [2.45, 2.75) is 38.8 Å². The van der Waals surface area contributed by atoms with Crippen LogP contribution in [0.3, 0.4) is 0 Å². The van der Waals surface area contributed by atoms with Crippen LogP contribution in [0.15, 0.2) is 17.0 Å². The summed E-state index contributed by atoms with van der Waals surface area (Å²) in [5, 5.41) is 5.91. The van der Waals surface area contributed by atoms with E-state index in [0.29, 0.717) is 6.04 Å². The van der Waals surface area contributed by atoms with E-state index in [4.69, 9.17) is 0 Å². The number of hydrogen-bond acceptors (Lipinski definition) is 4. The van der Waals surface area contributed by atoms with Crippen LogP contribution in [0.25, 0.3) is 0 Å². The first kappa shape index (κ1) is 11.4. The molecule has 0 fully saturated rings. The van der Waals surface area contributed by atoms with E-state index in [9.17, 15) is 0 Å². The zero-order valence-electron chi connectivity index (χ0n) is 9.90. The molecule has 17 heavy (non-hydrogen) atoms. The Kier molecular flexibility index (Phi) is 3.27. The van der Waals surface area contributed by atoms with Crippen LogP contribution in [0.5, 0.6) is 0 Å². The van der Waals surface area contributed by atoms with Crippen LogP contribution in [0.1, 0.15) is 39.9 Å². The second-order valence-electron chi connectivity index (χ2n) is 4.49. The topological polar surface area (TPSA) is 24.9 Å². The third-order valence-electron chi connectivity index (χ3n) is 3.41. The highest BCUT2D eigenvalue weighted by Gasteiger charge is 2.20. The Morgan fingerprint density at radius 1 is 1.47 bits per heavy atom. The Bertz CT molecular complexity index is 501. The molecule has 0 amide bonds. The molecule has 90 valence electrons. The second-order valence-corrected chi connectivity index (χ2v) is 6.43. The van der Waals surface area contributed by atoms with Gasteiger partial charge in [-0.1, -0.05) is 0 Å². The van der Waals surface area contributed by atoms with E-state index in [1.807, 2.05) is 16.8 Å². The van der Waals surface area contributed by atoms with Crippen LogP contribution < -0.4 is 5.32 Å². The van der Waals surface area contributed by atoms with Crippen LogP contribution in [0.4, 0.5) is 0 Å². The molecule has 2 aromatic heterocycles. The standard InChI is InChI=1S/C13H16N2S2/c1-9-13(17-8-15-9)7-14-11-3-2-4-12-10(11)5-6-16-12/h5-6,8,11,14H,2-4,7H2,1H3. The Hall–Kier alpha value is -0.710. The normalized spacial score (nSPS) is 19.2. The maximum atomic E-state index is 4.30. The highest BCUT2D eigenvalue weighted by atomic mass is 32.1. The van der Waals surface area contributed by atoms with E-state index in [2.05, 4.69) is 28.7 Å². The molecule has 2 heterocycles. The molecule has 2 aromatic rings. The average molecular weight is 264 g/mol. The number of fused-ring (bicyclic) bond motifs is 1. The van der Waals surface area contributed by atoms with Crippen molar-refractivity contribution in [1.29, 1.82) is 0 Å². The molecule has 0 saturated heterocycles. The first-order valence-electron chi connectivity index (χ1n) is 6.03. The molecular weight excluding hydrogens is 248 g/mol. The molecular formula is C13H16N2S2. The molecule has 0 bridgehead atoms. The van der Waals surface area contributed by atoms with Gasteiger partial charge in [-0.2, -0.15) is 0 Å². The highest BCUT2D eigenvalue weighted by molar-refractivity contribution is 7.10. The molecule has 1 N–H and O–H groups in total. The van der Waals surface area contributed by atoms with Gasteiger partial charge in [0.05, 0.1) is 11.2 Å². The number of aryl methyl sites for hydroxylation is 2. The first-order chi connectivity index (χ1) is 8.34. The third-order valence-corrected chi connectivity index (χ3v) is 5.34. The van der Waals surface area contributed by atoms with Gasteiger partial charge in [-0.3, -0.25) is 0 Å². The lowest BCUT2D eigenvalue weighted by Crippen LogP contribution is -2.23. The van der Waals surface area contributed by atoms with Crippen molar-refractivity contribution in [2.24, 2.45) is 0 Å². The van der Waals surface area contributed by atoms with Gasteiger partial charge in [0, 0.05) is 22.3 Å². The Morgan fingerprint density at radius 3 is 3.24 bits per heavy atom. The quantitative estimate of drug-likeness (QED) is 0.914. The fourth-order valence-electron chi connectivity index (χ4n) is 2.41. The number of hydrogen-bond donors (Lipinski definition) is 1. The summed E-state index contributed by atoms with van der Waals surface area (Å²) in [6.07, 6.45) is 3.85. The molecule has 0 spiro atoms. The minimum atomic E-state index is 0.548. The molecule has 1 aliphatic carbocycles. The third kappa shape index (κ3) is 2.30. The van der Waals surface area contributed by atoms with Gasteiger partial charge in [0.1, 0.15) is 0 Å². The van der Waals surface area contributed by atoms with Crippen LogP contribution in [0.2, 0.25) is 0 Å². The van der Waals surface area contributed by atoms with Gasteiger partial charge in [0.25, 0.3) is 0 Å². The minimum Gasteiger partial charge on any atom is -0.305 e. The summed E-state index contributed by atoms with van der Waals surface area (Å²) < 4.78 is 0. The summed E-state index contributed by atoms with van der Waals surface area (Å²) in [5.41, 5.74) is 4.63. The van der Waals surface area contributed by atoms with Crippen molar-refractivity contribution in [1.82, 2.24) is 10.3 Å². The number of aromatic nitrogens is 1. The Morgan fingerprint density at radius 2 is 2.41 bits per heavy atom. The molecule has 3 rings (SSSR count). The summed E-state index contributed by atoms with van der Waals surface area (Å²) in [5.74, 6) is 0. The highest BCUT2D eigenvalue weighted by Crippen LogP contribution is 2.33. The van der Waals surface area contributed by atoms with Gasteiger partial charge >= 0.3 is 0 Å². The maximum absolute atomic E-state index is 4.30. The number of thiazole rings is 1. The summed E-state index contributed by atoms with van der Waals surface area (Å²) in [7, 11) is 0. The van der Waals surface area contributed by atoms with Gasteiger partial charge in [-0.15, -0.1) is 22.7 Å². The molecule has 1 atom stereocenters. The molecule has 1 aliphatic rings. The molecule has 4 heteroatoms. The Labute approximate surface area is 110 Å². The van der Waals surface area contributed by atoms with Crippen molar-refractivity contribution >= 4 is 22.7 Å². The van der Waals surface area contributed by atoms with Gasteiger partial charge < -0.3 is 5.32 Å². The second kappa shape index (κ2) is 4.88. The van der Waals surface area contributed by atoms with Gasteiger partial charge in [0.15, 0.2) is 0 Å². The van der Waals surface area contributed by atoms with Crippen molar-refractivity contribution in [3.63, 3.8) is 0 Å². The van der Waals surface area contributed by atoms with Crippen molar-refractivity contribution in [3.8, 4) is 0 Å². The fourth-order valence-corrected chi connectivity index (χ4v) is 4.13. The molecule has 2 nitrogen and oxygen atoms in total. The predicted molar refractivity (Wildman–Crippen MR) is 73.7 cm³/mol. The van der Waals surface area contributed by atoms with Crippen molar-refractivity contribution in [2.75, 3.05) is 0 Å². The van der Waals surface area contributed by atoms with E-state index in [-0.39, 0.29) is 0 Å². The largest absolute Gasteiger partial charge is 0.305 e. The van der Waals surface area contributed by atoms with Crippen molar-refractivity contribution < 1.29 is 0 Å². The number of thiophene rings is 1. The summed E-state index contributed by atoms with van der Waals surface area (Å²) in [6.45, 7) is 3.04. The molecule has 0 saturated carbocycles. The smallest absolute Gasteiger partial charge is 0.0798 e. The SMILES string of the molecule is Cc1ncsc1CNC1CCCc2sccc21. The molecule has 0 radical (unpaired) electrons. The van der Waals surface area contributed by atoms with Crippen molar-refractivity contribution in [3.05, 3.63) is 38.0 Å². The summed E-state index contributed by atoms with van der Waals surface area (Å²) in [4.78, 5) is 7.24. The monoisotopic (exact) mass is 264 g/mol. The maximum Gasteiger partial charge on any atom is 0.0798 e. The molecule has 1 unspecified atom stereocenters. The summed E-state index contributed by atoms with van der Waals surface area (Å²) >= 11 is 3.66. The lowest BCUT2D eigenvalue weighted by molar-refractivity contribution is 0.464. The van der Waals surface area contributed by atoms with E-state index in [0.717, 1.165) is 6.54 Å². The fraction of sp³-hybridized carbons (Fsp3) is 0.462. The van der Waals surface area contributed by atoms with Gasteiger partial charge in [-0.25, -0.2) is 4.98 Å². The van der Waals surface area contributed by atoms with E-state index < -0.39 is 0 Å². The number of nitrogens with one attached hydrogen (secondary N) is 1. The van der Waals surface area contributed by atoms with E-state index >= 15 is 0 Å². The van der Waals surface area contributed by atoms with Gasteiger partial charge in [0.2, 0.25) is 0 Å². The number of rotatable bonds is 3. The predicted octanol–water partition coefficient (Wildman–Crippen LogP) is 3.68. The van der Waals surface area contributed by atoms with Crippen LogP contribution in [0, 0.1) is 6.92 Å². The zero-order valence-corrected chi connectivity index (χ0v) is 11.5. The summed E-state index contributed by atoms with van der Waals surface area (Å²) in [6, 6.07) is 2.84. The van der Waals surface area contributed by atoms with Gasteiger partial charge in [-0.05, 0) is 43.2 Å². The zero-order chi connectivity index (χ0) is 11.7. The Balaban J connectivity index is 1.70. The number of nitrogens with zero attached hydrogens (tertiary/aromatic N) is 1. The molecule has 0 aromatic carbocycles. The minimum absolute atomic E-state index is 0.548. The average Bonchev–Trinajstić information content (AvgIpc) is 2.95. The van der Waals surface area contributed by atoms with Crippen LogP contribution in [-0.2, 0) is 13.0 Å².